The molecule has 0 radical (unpaired) electrons. The van der Waals surface area contributed by atoms with Gasteiger partial charge in [0.15, 0.2) is 8.32 Å². The molecule has 0 bridgehead atoms. The Bertz CT molecular complexity index is 157. The molecule has 4 nitrogen and oxygen atoms in total. The van der Waals surface area contributed by atoms with Crippen molar-refractivity contribution in [1.29, 1.82) is 0 Å². The van der Waals surface area contributed by atoms with E-state index in [0.717, 1.165) is 12.1 Å². The van der Waals surface area contributed by atoms with E-state index in [0.29, 0.717) is 0 Å². The van der Waals surface area contributed by atoms with E-state index in [1.807, 2.05) is 0 Å². The molecule has 0 aliphatic carbocycles. The van der Waals surface area contributed by atoms with Crippen LogP contribution < -0.4 is 0 Å². The molecular weight excluding hydrogens is 240 g/mol. The van der Waals surface area contributed by atoms with Crippen LogP contribution >= 0.6 is 0 Å². The first kappa shape index (κ1) is 16.3. The summed E-state index contributed by atoms with van der Waals surface area (Å²) in [6.07, 6.45) is 0. The van der Waals surface area contributed by atoms with Crippen LogP contribution in [-0.4, -0.2) is 45.6 Å². The first-order chi connectivity index (χ1) is 7.52. The van der Waals surface area contributed by atoms with Gasteiger partial charge in [-0.1, -0.05) is 20.8 Å². The molecule has 0 saturated heterocycles. The lowest BCUT2D eigenvalue weighted by Crippen LogP contribution is -2.58. The minimum absolute atomic E-state index is 0.236. The first-order valence-corrected chi connectivity index (χ1v) is 9.93. The summed E-state index contributed by atoms with van der Waals surface area (Å²) in [5.74, 6) is 0. The lowest BCUT2D eigenvalue weighted by molar-refractivity contribution is 0.118. The molecule has 0 aliphatic heterocycles. The molecule has 0 spiro atoms. The van der Waals surface area contributed by atoms with Crippen LogP contribution in [0, 0.1) is 0 Å². The summed E-state index contributed by atoms with van der Waals surface area (Å²) in [4.78, 5) is 0. The maximum atomic E-state index is 5.84. The van der Waals surface area contributed by atoms with Crippen LogP contribution in [0.3, 0.4) is 0 Å². The Kier molecular flexibility index (Phi) is 6.99. The van der Waals surface area contributed by atoms with E-state index in [2.05, 4.69) is 20.8 Å². The van der Waals surface area contributed by atoms with Crippen molar-refractivity contribution < 1.29 is 17.7 Å². The van der Waals surface area contributed by atoms with Crippen molar-refractivity contribution in [2.24, 2.45) is 0 Å². The molecule has 0 aromatic rings. The molecule has 0 fully saturated rings. The molecular formula is C10H26O4Si2. The Morgan fingerprint density at radius 2 is 1.19 bits per heavy atom. The summed E-state index contributed by atoms with van der Waals surface area (Å²) in [5, 5.41) is 0.236. The van der Waals surface area contributed by atoms with Crippen molar-refractivity contribution in [2.75, 3.05) is 28.4 Å². The van der Waals surface area contributed by atoms with Crippen LogP contribution in [-0.2, 0) is 17.7 Å². The van der Waals surface area contributed by atoms with Gasteiger partial charge in [0.25, 0.3) is 0 Å². The normalized spacial score (nSPS) is 15.2. The Labute approximate surface area is 102 Å². The van der Waals surface area contributed by atoms with Crippen molar-refractivity contribution >= 4 is 17.1 Å². The molecule has 0 N–H and O–H groups in total. The zero-order valence-corrected chi connectivity index (χ0v) is 13.6. The third-order valence-corrected chi connectivity index (χ3v) is 14.0. The molecule has 16 heavy (non-hydrogen) atoms. The van der Waals surface area contributed by atoms with E-state index in [1.165, 1.54) is 0 Å². The number of rotatable bonds is 8. The summed E-state index contributed by atoms with van der Waals surface area (Å²) in [5.41, 5.74) is 0. The Morgan fingerprint density at radius 1 is 0.812 bits per heavy atom. The van der Waals surface area contributed by atoms with Crippen LogP contribution in [0.15, 0.2) is 0 Å². The minimum atomic E-state index is -2.58. The highest BCUT2D eigenvalue weighted by Crippen LogP contribution is 2.38. The van der Waals surface area contributed by atoms with Gasteiger partial charge in [0, 0.05) is 33.6 Å². The van der Waals surface area contributed by atoms with Gasteiger partial charge < -0.3 is 17.7 Å². The third kappa shape index (κ3) is 2.74. The summed E-state index contributed by atoms with van der Waals surface area (Å²) in [6.45, 7) is 6.50. The molecule has 0 saturated carbocycles. The molecule has 0 aromatic carbocycles. The van der Waals surface area contributed by atoms with Crippen LogP contribution in [0.2, 0.25) is 17.3 Å². The van der Waals surface area contributed by atoms with Gasteiger partial charge in [-0.25, -0.2) is 0 Å². The highest BCUT2D eigenvalue weighted by molar-refractivity contribution is 6.89. The van der Waals surface area contributed by atoms with E-state index < -0.39 is 17.1 Å². The van der Waals surface area contributed by atoms with Crippen LogP contribution in [0.1, 0.15) is 20.8 Å². The zero-order chi connectivity index (χ0) is 12.8. The molecule has 0 aliphatic rings. The van der Waals surface area contributed by atoms with E-state index in [-0.39, 0.29) is 5.16 Å². The number of hydrogen-bond acceptors (Lipinski definition) is 4. The molecule has 1 atom stereocenters. The van der Waals surface area contributed by atoms with Crippen molar-refractivity contribution in [2.45, 2.75) is 38.0 Å². The minimum Gasteiger partial charge on any atom is -0.420 e. The lowest BCUT2D eigenvalue weighted by atomic mass is 10.9. The highest BCUT2D eigenvalue weighted by atomic mass is 28.4. The lowest BCUT2D eigenvalue weighted by Gasteiger charge is -2.40. The van der Waals surface area contributed by atoms with Gasteiger partial charge in [-0.15, -0.1) is 0 Å². The summed E-state index contributed by atoms with van der Waals surface area (Å²) < 4.78 is 22.5. The Balaban J connectivity index is 5.16. The molecule has 0 amide bonds. The Morgan fingerprint density at radius 3 is 1.38 bits per heavy atom. The second kappa shape index (κ2) is 6.88. The molecule has 0 heterocycles. The van der Waals surface area contributed by atoms with Crippen LogP contribution in [0.5, 0.6) is 0 Å². The van der Waals surface area contributed by atoms with E-state index >= 15 is 0 Å². The van der Waals surface area contributed by atoms with Gasteiger partial charge in [0.1, 0.15) is 0 Å². The second-order valence-corrected chi connectivity index (χ2v) is 12.6. The predicted molar refractivity (Wildman–Crippen MR) is 69.9 cm³/mol. The number of hydrogen-bond donors (Lipinski definition) is 0. The fraction of sp³-hybridized carbons (Fsp3) is 1.00. The molecule has 0 aromatic heterocycles. The maximum Gasteiger partial charge on any atom is 0.502 e. The summed E-state index contributed by atoms with van der Waals surface area (Å²) in [6, 6.07) is 2.10. The van der Waals surface area contributed by atoms with Crippen molar-refractivity contribution in [3.05, 3.63) is 0 Å². The Hall–Kier alpha value is 0.274. The average molecular weight is 266 g/mol. The molecule has 6 heteroatoms. The molecule has 0 rings (SSSR count). The largest absolute Gasteiger partial charge is 0.502 e. The fourth-order valence-corrected chi connectivity index (χ4v) is 11.9. The second-order valence-electron chi connectivity index (χ2n) is 3.91. The third-order valence-electron chi connectivity index (χ3n) is 3.78. The molecule has 98 valence electrons. The zero-order valence-electron chi connectivity index (χ0n) is 11.6. The smallest absolute Gasteiger partial charge is 0.420 e. The summed E-state index contributed by atoms with van der Waals surface area (Å²) in [7, 11) is 2.37. The van der Waals surface area contributed by atoms with Crippen molar-refractivity contribution in [1.82, 2.24) is 0 Å². The fourth-order valence-electron chi connectivity index (χ4n) is 2.43. The van der Waals surface area contributed by atoms with Gasteiger partial charge >= 0.3 is 8.80 Å². The van der Waals surface area contributed by atoms with Gasteiger partial charge in [0.2, 0.25) is 0 Å². The van der Waals surface area contributed by atoms with Gasteiger partial charge in [-0.3, -0.25) is 0 Å². The SMILES string of the molecule is CC[Si](CC)(OC)C(C)[Si](OC)(OC)OC. The topological polar surface area (TPSA) is 36.9 Å². The standard InChI is InChI=1S/C10H26O4Si2/c1-8-15(9-2,11-4)10(3)16(12-5,13-6)14-7/h10H,8-9H2,1-7H3. The van der Waals surface area contributed by atoms with Crippen LogP contribution in [0.25, 0.3) is 0 Å². The van der Waals surface area contributed by atoms with Gasteiger partial charge in [-0.05, 0) is 12.1 Å². The van der Waals surface area contributed by atoms with Gasteiger partial charge in [-0.2, -0.15) is 0 Å². The first-order valence-electron chi connectivity index (χ1n) is 5.73. The van der Waals surface area contributed by atoms with E-state index in [9.17, 15) is 0 Å². The van der Waals surface area contributed by atoms with E-state index in [1.54, 1.807) is 28.4 Å². The van der Waals surface area contributed by atoms with E-state index in [4.69, 9.17) is 17.7 Å². The van der Waals surface area contributed by atoms with Gasteiger partial charge in [0.05, 0.1) is 0 Å². The summed E-state index contributed by atoms with van der Waals surface area (Å²) >= 11 is 0. The predicted octanol–water partition coefficient (Wildman–Crippen LogP) is 2.43. The molecule has 1 unspecified atom stereocenters. The highest BCUT2D eigenvalue weighted by Gasteiger charge is 2.55. The van der Waals surface area contributed by atoms with Crippen LogP contribution in [0.4, 0.5) is 0 Å². The average Bonchev–Trinajstić information content (AvgIpc) is 2.35. The quantitative estimate of drug-likeness (QED) is 0.632. The maximum absolute atomic E-state index is 5.84. The van der Waals surface area contributed by atoms with Crippen molar-refractivity contribution in [3.63, 3.8) is 0 Å². The monoisotopic (exact) mass is 266 g/mol. The van der Waals surface area contributed by atoms with Crippen molar-refractivity contribution in [3.8, 4) is 0 Å².